The molecule has 25 heavy (non-hydrogen) atoms. The second-order valence-corrected chi connectivity index (χ2v) is 6.45. The van der Waals surface area contributed by atoms with Crippen molar-refractivity contribution in [1.29, 1.82) is 0 Å². The second-order valence-electron chi connectivity index (χ2n) is 6.45. The third kappa shape index (κ3) is 3.18. The van der Waals surface area contributed by atoms with Gasteiger partial charge in [-0.3, -0.25) is 0 Å². The molecule has 3 heteroatoms. The van der Waals surface area contributed by atoms with Crippen LogP contribution >= 0.6 is 0 Å². The van der Waals surface area contributed by atoms with Crippen molar-refractivity contribution in [2.45, 2.75) is 18.8 Å². The van der Waals surface area contributed by atoms with E-state index in [0.29, 0.717) is 17.4 Å². The average molecular weight is 331 g/mol. The molecule has 0 radical (unpaired) electrons. The minimum atomic E-state index is 0.553. The maximum atomic E-state index is 6.05. The Bertz CT molecular complexity index is 890. The van der Waals surface area contributed by atoms with Gasteiger partial charge in [0.25, 0.3) is 0 Å². The number of nitrogens with two attached hydrogens (primary N) is 1. The Morgan fingerprint density at radius 2 is 1.60 bits per heavy atom. The van der Waals surface area contributed by atoms with Gasteiger partial charge < -0.3 is 15.2 Å². The highest BCUT2D eigenvalue weighted by molar-refractivity contribution is 5.57. The van der Waals surface area contributed by atoms with Crippen LogP contribution in [0.2, 0.25) is 0 Å². The molecule has 0 spiro atoms. The Balaban J connectivity index is 1.54. The highest BCUT2D eigenvalue weighted by atomic mass is 16.5. The number of anilines is 1. The molecule has 0 fully saturated rings. The van der Waals surface area contributed by atoms with Crippen LogP contribution < -0.4 is 15.2 Å². The Kier molecular flexibility index (Phi) is 4.06. The zero-order valence-corrected chi connectivity index (χ0v) is 14.2. The average Bonchev–Trinajstić information content (AvgIpc) is 3.07. The third-order valence-electron chi connectivity index (χ3n) is 4.83. The zero-order valence-electron chi connectivity index (χ0n) is 14.2. The number of ether oxygens (including phenoxy) is 2. The van der Waals surface area contributed by atoms with E-state index < -0.39 is 0 Å². The number of fused-ring (bicyclic) bond motifs is 1. The standard InChI is InChI=1S/C22H21NO2/c1-24-19-9-10-22(21(23)14-19)25-20-8-7-16-11-17(12-18(16)13-20)15-5-3-2-4-6-15/h2-10,13-14,17H,11-12,23H2,1H3. The van der Waals surface area contributed by atoms with Crippen LogP contribution in [0.3, 0.4) is 0 Å². The van der Waals surface area contributed by atoms with Crippen molar-refractivity contribution in [3.05, 3.63) is 83.4 Å². The minimum Gasteiger partial charge on any atom is -0.497 e. The monoisotopic (exact) mass is 331 g/mol. The summed E-state index contributed by atoms with van der Waals surface area (Å²) in [5.74, 6) is 2.75. The first kappa shape index (κ1) is 15.6. The van der Waals surface area contributed by atoms with E-state index in [9.17, 15) is 0 Å². The normalized spacial score (nSPS) is 15.6. The van der Waals surface area contributed by atoms with Crippen molar-refractivity contribution in [3.8, 4) is 17.2 Å². The largest absolute Gasteiger partial charge is 0.497 e. The molecule has 0 saturated heterocycles. The molecule has 0 saturated carbocycles. The lowest BCUT2D eigenvalue weighted by Gasteiger charge is -2.11. The van der Waals surface area contributed by atoms with Gasteiger partial charge >= 0.3 is 0 Å². The van der Waals surface area contributed by atoms with Gasteiger partial charge in [0.1, 0.15) is 11.5 Å². The highest BCUT2D eigenvalue weighted by Gasteiger charge is 2.23. The highest BCUT2D eigenvalue weighted by Crippen LogP contribution is 2.37. The van der Waals surface area contributed by atoms with Gasteiger partial charge in [-0.1, -0.05) is 36.4 Å². The summed E-state index contributed by atoms with van der Waals surface area (Å²) in [6.07, 6.45) is 2.14. The van der Waals surface area contributed by atoms with Crippen molar-refractivity contribution in [3.63, 3.8) is 0 Å². The molecule has 3 aromatic carbocycles. The van der Waals surface area contributed by atoms with Crippen LogP contribution in [0.5, 0.6) is 17.2 Å². The zero-order chi connectivity index (χ0) is 17.2. The lowest BCUT2D eigenvalue weighted by Crippen LogP contribution is -1.96. The van der Waals surface area contributed by atoms with Gasteiger partial charge in [-0.2, -0.15) is 0 Å². The second kappa shape index (κ2) is 6.52. The van der Waals surface area contributed by atoms with Gasteiger partial charge in [0.15, 0.2) is 5.75 Å². The van der Waals surface area contributed by atoms with Gasteiger partial charge in [0, 0.05) is 6.07 Å². The number of benzene rings is 3. The van der Waals surface area contributed by atoms with Gasteiger partial charge in [-0.25, -0.2) is 0 Å². The van der Waals surface area contributed by atoms with E-state index in [1.807, 2.05) is 18.2 Å². The molecule has 1 atom stereocenters. The molecular weight excluding hydrogens is 310 g/mol. The van der Waals surface area contributed by atoms with Crippen molar-refractivity contribution >= 4 is 5.69 Å². The molecule has 3 nitrogen and oxygen atoms in total. The smallest absolute Gasteiger partial charge is 0.150 e. The van der Waals surface area contributed by atoms with Crippen LogP contribution in [0.15, 0.2) is 66.7 Å². The van der Waals surface area contributed by atoms with Gasteiger partial charge in [-0.15, -0.1) is 0 Å². The topological polar surface area (TPSA) is 44.5 Å². The fourth-order valence-electron chi connectivity index (χ4n) is 3.49. The van der Waals surface area contributed by atoms with Gasteiger partial charge in [-0.05, 0) is 59.7 Å². The number of hydrogen-bond donors (Lipinski definition) is 1. The van der Waals surface area contributed by atoms with E-state index >= 15 is 0 Å². The van der Waals surface area contributed by atoms with E-state index in [0.717, 1.165) is 24.3 Å². The Labute approximate surface area is 148 Å². The predicted molar refractivity (Wildman–Crippen MR) is 101 cm³/mol. The van der Waals surface area contributed by atoms with Crippen molar-refractivity contribution in [1.82, 2.24) is 0 Å². The molecule has 0 aliphatic heterocycles. The maximum absolute atomic E-state index is 6.05. The van der Waals surface area contributed by atoms with E-state index in [2.05, 4.69) is 42.5 Å². The lowest BCUT2D eigenvalue weighted by atomic mass is 9.96. The molecule has 1 aliphatic rings. The van der Waals surface area contributed by atoms with Crippen LogP contribution in [-0.2, 0) is 12.8 Å². The quantitative estimate of drug-likeness (QED) is 0.688. The number of methoxy groups -OCH3 is 1. The lowest BCUT2D eigenvalue weighted by molar-refractivity contribution is 0.413. The number of nitrogen functional groups attached to an aromatic ring is 1. The van der Waals surface area contributed by atoms with E-state index in [1.165, 1.54) is 16.7 Å². The Hall–Kier alpha value is -2.94. The van der Waals surface area contributed by atoms with Crippen molar-refractivity contribution in [2.24, 2.45) is 0 Å². The first-order valence-corrected chi connectivity index (χ1v) is 8.51. The van der Waals surface area contributed by atoms with Crippen LogP contribution in [0.25, 0.3) is 0 Å². The van der Waals surface area contributed by atoms with Crippen LogP contribution in [0, 0.1) is 0 Å². The van der Waals surface area contributed by atoms with Gasteiger partial charge in [0.2, 0.25) is 0 Å². The van der Waals surface area contributed by atoms with Crippen molar-refractivity contribution < 1.29 is 9.47 Å². The summed E-state index contributed by atoms with van der Waals surface area (Å²) in [4.78, 5) is 0. The van der Waals surface area contributed by atoms with E-state index in [4.69, 9.17) is 15.2 Å². The number of rotatable bonds is 4. The summed E-state index contributed by atoms with van der Waals surface area (Å²) >= 11 is 0. The first-order valence-electron chi connectivity index (χ1n) is 8.51. The summed E-state index contributed by atoms with van der Waals surface area (Å²) in [6.45, 7) is 0. The first-order chi connectivity index (χ1) is 12.2. The maximum Gasteiger partial charge on any atom is 0.150 e. The molecule has 1 aliphatic carbocycles. The number of hydrogen-bond acceptors (Lipinski definition) is 3. The van der Waals surface area contributed by atoms with Crippen LogP contribution in [0.4, 0.5) is 5.69 Å². The molecule has 3 aromatic rings. The van der Waals surface area contributed by atoms with E-state index in [1.54, 1.807) is 13.2 Å². The van der Waals surface area contributed by atoms with Gasteiger partial charge in [0.05, 0.1) is 12.8 Å². The summed E-state index contributed by atoms with van der Waals surface area (Å²) in [6, 6.07) is 22.5. The fourth-order valence-corrected chi connectivity index (χ4v) is 3.49. The summed E-state index contributed by atoms with van der Waals surface area (Å²) in [5, 5.41) is 0. The molecule has 0 bridgehead atoms. The predicted octanol–water partition coefficient (Wildman–Crippen LogP) is 4.95. The van der Waals surface area contributed by atoms with Crippen LogP contribution in [0.1, 0.15) is 22.6 Å². The summed E-state index contributed by atoms with van der Waals surface area (Å²) < 4.78 is 11.2. The van der Waals surface area contributed by atoms with E-state index in [-0.39, 0.29) is 0 Å². The molecule has 0 amide bonds. The minimum absolute atomic E-state index is 0.553. The van der Waals surface area contributed by atoms with Crippen LogP contribution in [-0.4, -0.2) is 7.11 Å². The summed E-state index contributed by atoms with van der Waals surface area (Å²) in [7, 11) is 1.62. The molecule has 0 heterocycles. The molecule has 2 N–H and O–H groups in total. The molecule has 4 rings (SSSR count). The molecular formula is C22H21NO2. The Morgan fingerprint density at radius 1 is 0.840 bits per heavy atom. The molecule has 1 unspecified atom stereocenters. The Morgan fingerprint density at radius 3 is 2.36 bits per heavy atom. The summed E-state index contributed by atoms with van der Waals surface area (Å²) in [5.41, 5.74) is 10.8. The third-order valence-corrected chi connectivity index (χ3v) is 4.83. The fraction of sp³-hybridized carbons (Fsp3) is 0.182. The molecule has 126 valence electrons. The SMILES string of the molecule is COc1ccc(Oc2ccc3c(c2)CC(c2ccccc2)C3)c(N)c1. The molecule has 0 aromatic heterocycles. The van der Waals surface area contributed by atoms with Crippen molar-refractivity contribution in [2.75, 3.05) is 12.8 Å².